The van der Waals surface area contributed by atoms with Crippen molar-refractivity contribution < 1.29 is 0 Å². The maximum Gasteiger partial charge on any atom is 0.264 e. The predicted octanol–water partition coefficient (Wildman–Crippen LogP) is 11.9. The highest BCUT2D eigenvalue weighted by molar-refractivity contribution is 7.39. The van der Waals surface area contributed by atoms with Gasteiger partial charge in [-0.05, 0) is 105 Å². The lowest BCUT2D eigenvalue weighted by Gasteiger charge is -2.53. The third kappa shape index (κ3) is 4.07. The zero-order valence-corrected chi connectivity index (χ0v) is 41.1. The summed E-state index contributed by atoms with van der Waals surface area (Å²) < 4.78 is 2.82. The van der Waals surface area contributed by atoms with Crippen LogP contribution in [0.4, 0.5) is 114 Å². The van der Waals surface area contributed by atoms with Crippen LogP contribution in [0.3, 0.4) is 0 Å². The predicted molar refractivity (Wildman–Crippen MR) is 309 cm³/mol. The van der Waals surface area contributed by atoms with Gasteiger partial charge in [0.05, 0.1) is 102 Å². The van der Waals surface area contributed by atoms with E-state index >= 15 is 0 Å². The average Bonchev–Trinajstić information content (AvgIpc) is 3.88. The van der Waals surface area contributed by atoms with Crippen LogP contribution in [0.5, 0.6) is 0 Å². The van der Waals surface area contributed by atoms with Crippen molar-refractivity contribution in [2.75, 3.05) is 67.4 Å². The first-order valence-corrected chi connectivity index (χ1v) is 26.2. The van der Waals surface area contributed by atoms with Crippen LogP contribution in [0.2, 0.25) is 0 Å². The van der Waals surface area contributed by atoms with Crippen LogP contribution in [0, 0.1) is 0 Å². The molecule has 0 bridgehead atoms. The summed E-state index contributed by atoms with van der Waals surface area (Å²) in [6.45, 7) is -0.0462. The van der Waals surface area contributed by atoms with E-state index < -0.39 is 0 Å². The largest absolute Gasteiger partial charge is 0.341 e. The Bertz CT molecular complexity index is 4310. The second kappa shape index (κ2) is 12.4. The number of benzene rings is 9. The van der Waals surface area contributed by atoms with E-state index in [1.54, 1.807) is 0 Å². The highest BCUT2D eigenvalue weighted by Crippen LogP contribution is 2.67. The Labute approximate surface area is 427 Å². The second-order valence-electron chi connectivity index (χ2n) is 21.0. The quantitative estimate of drug-likeness (QED) is 0.158. The maximum absolute atomic E-state index is 2.67. The van der Waals surface area contributed by atoms with Gasteiger partial charge in [0.25, 0.3) is 13.4 Å². The van der Waals surface area contributed by atoms with Crippen LogP contribution in [0.25, 0.3) is 22.3 Å². The molecule has 19 rings (SSSR count). The van der Waals surface area contributed by atoms with Crippen LogP contribution in [0.1, 0.15) is 0 Å². The molecule has 0 atom stereocenters. The minimum Gasteiger partial charge on any atom is -0.341 e. The molecule has 9 aliphatic heterocycles. The maximum atomic E-state index is 2.67. The van der Waals surface area contributed by atoms with Gasteiger partial charge >= 0.3 is 0 Å². The number of thiophene rings is 1. The van der Waals surface area contributed by atoms with E-state index in [1.807, 2.05) is 0 Å². The number of hydrogen-bond donors (Lipinski definition) is 0. The zero-order chi connectivity index (χ0) is 47.6. The first kappa shape index (κ1) is 38.0. The first-order valence-electron chi connectivity index (χ1n) is 25.4. The molecule has 0 amide bonds. The summed E-state index contributed by atoms with van der Waals surface area (Å²) in [6.07, 6.45) is 0. The van der Waals surface area contributed by atoms with Crippen molar-refractivity contribution in [3.63, 3.8) is 0 Å². The molecule has 0 saturated carbocycles. The molecule has 73 heavy (non-hydrogen) atoms. The van der Waals surface area contributed by atoms with Gasteiger partial charge in [0.1, 0.15) is 0 Å². The van der Waals surface area contributed by atoms with Crippen molar-refractivity contribution >= 4 is 170 Å². The Morgan fingerprint density at radius 1 is 0.288 bits per heavy atom. The highest BCUT2D eigenvalue weighted by Gasteiger charge is 2.57. The summed E-state index contributed by atoms with van der Waals surface area (Å²) >= 11 is 2.07. The monoisotopic (exact) mass is 950 g/mol. The van der Waals surface area contributed by atoms with Crippen LogP contribution < -0.4 is 70.6 Å². The van der Waals surface area contributed by atoms with Gasteiger partial charge in [-0.2, -0.15) is 11.3 Å². The number of anilines is 20. The molecule has 1 aromatic heterocycles. The molecule has 10 aromatic rings. The molecular formula is C62H40B2N8S. The molecule has 0 fully saturated rings. The lowest BCUT2D eigenvalue weighted by Crippen LogP contribution is -2.62. The van der Waals surface area contributed by atoms with Gasteiger partial charge in [-0.15, -0.1) is 0 Å². The molecule has 0 unspecified atom stereocenters. The summed E-state index contributed by atoms with van der Waals surface area (Å²) in [5.74, 6) is 0. The molecule has 0 saturated heterocycles. The second-order valence-corrected chi connectivity index (χ2v) is 22.1. The number of para-hydroxylation sites is 4. The molecular weight excluding hydrogens is 910 g/mol. The van der Waals surface area contributed by atoms with Gasteiger partial charge in [0.15, 0.2) is 0 Å². The minimum absolute atomic E-state index is 0.0178. The topological polar surface area (TPSA) is 25.9 Å². The Kier molecular flexibility index (Phi) is 6.47. The lowest BCUT2D eigenvalue weighted by molar-refractivity contribution is 1.07. The average molecular weight is 951 g/mol. The fourth-order valence-corrected chi connectivity index (χ4v) is 16.6. The van der Waals surface area contributed by atoms with Gasteiger partial charge in [-0.1, -0.05) is 103 Å². The Morgan fingerprint density at radius 2 is 0.753 bits per heavy atom. The van der Waals surface area contributed by atoms with E-state index in [2.05, 4.69) is 249 Å². The number of rotatable bonds is 2. The third-order valence-electron chi connectivity index (χ3n) is 18.0. The van der Waals surface area contributed by atoms with Crippen molar-refractivity contribution in [2.45, 2.75) is 0 Å². The van der Waals surface area contributed by atoms with Gasteiger partial charge in [-0.3, -0.25) is 0 Å². The fraction of sp³-hybridized carbons (Fsp3) is 0.0645. The minimum atomic E-state index is -0.0284. The molecule has 340 valence electrons. The molecule has 9 aromatic carbocycles. The van der Waals surface area contributed by atoms with Crippen LogP contribution in [0.15, 0.2) is 170 Å². The summed E-state index contributed by atoms with van der Waals surface area (Å²) in [5, 5.41) is 0. The van der Waals surface area contributed by atoms with Crippen LogP contribution in [-0.2, 0) is 0 Å². The summed E-state index contributed by atoms with van der Waals surface area (Å²) in [5.41, 5.74) is 35.6. The van der Waals surface area contributed by atoms with E-state index in [4.69, 9.17) is 0 Å². The standard InChI is InChI=1S/C62H40B2N8S/c1-65-43-21-13-23-45-55(43)71-53-38(31-35(32-49(53)67(45)3)33-15-7-5-8-16-33)64-51-42(28-29-47(65)57(51)71)70-40-20-12-11-19-39(40)69-41-27-30-48-58-50(41)63(61-59(69)60(70)62(64)73-61)37-26-25-36(34-17-9-6-10-18-34)52-54(37)72(58)56-44(66(48)2)22-14-24-46(56)68(52)4/h5-32H,1-4H3. The van der Waals surface area contributed by atoms with E-state index in [-0.39, 0.29) is 13.4 Å². The lowest BCUT2D eigenvalue weighted by atomic mass is 9.34. The van der Waals surface area contributed by atoms with Gasteiger partial charge in [0, 0.05) is 54.7 Å². The van der Waals surface area contributed by atoms with E-state index in [0.29, 0.717) is 0 Å². The van der Waals surface area contributed by atoms with Crippen LogP contribution in [-0.4, -0.2) is 41.6 Å². The third-order valence-corrected chi connectivity index (χ3v) is 19.3. The normalized spacial score (nSPS) is 15.7. The van der Waals surface area contributed by atoms with Gasteiger partial charge < -0.3 is 39.2 Å². The van der Waals surface area contributed by atoms with E-state index in [0.717, 1.165) is 0 Å². The van der Waals surface area contributed by atoms with Crippen molar-refractivity contribution in [1.82, 2.24) is 0 Å². The molecule has 8 nitrogen and oxygen atoms in total. The molecule has 0 aliphatic carbocycles. The van der Waals surface area contributed by atoms with Crippen molar-refractivity contribution in [3.8, 4) is 22.3 Å². The number of hydrogen-bond acceptors (Lipinski definition) is 9. The summed E-state index contributed by atoms with van der Waals surface area (Å²) in [4.78, 5) is 20.5. The Hall–Kier alpha value is -8.79. The first-order chi connectivity index (χ1) is 36.0. The van der Waals surface area contributed by atoms with Crippen LogP contribution >= 0.6 is 11.3 Å². The van der Waals surface area contributed by atoms with Gasteiger partial charge in [-0.25, -0.2) is 0 Å². The molecule has 10 heterocycles. The fourth-order valence-electron chi connectivity index (χ4n) is 15.0. The van der Waals surface area contributed by atoms with E-state index in [9.17, 15) is 0 Å². The molecule has 0 radical (unpaired) electrons. The Morgan fingerprint density at radius 3 is 1.34 bits per heavy atom. The number of fused-ring (bicyclic) bond motifs is 9. The molecule has 11 heteroatoms. The molecule has 0 spiro atoms. The Balaban J connectivity index is 0.955. The summed E-state index contributed by atoms with van der Waals surface area (Å²) in [6, 6.07) is 64.5. The summed E-state index contributed by atoms with van der Waals surface area (Å²) in [7, 11) is 9.09. The highest BCUT2D eigenvalue weighted by atomic mass is 32.1. The SMILES string of the molecule is CN1c2cc(-c3ccccc3)cc3c2N2c4c1cccc4N(C)c1ccc4c(c12)B3c1sc2c3c1N4c1ccccc1N3c1ccc3c4c1B2c1ccc(-c2ccccc2)c2c1N4c1c(cccc1N2C)N3C. The smallest absolute Gasteiger partial charge is 0.264 e. The van der Waals surface area contributed by atoms with Crippen molar-refractivity contribution in [1.29, 1.82) is 0 Å². The van der Waals surface area contributed by atoms with E-state index in [1.165, 1.54) is 167 Å². The van der Waals surface area contributed by atoms with Gasteiger partial charge in [0.2, 0.25) is 0 Å². The molecule has 9 aliphatic rings. The zero-order valence-electron chi connectivity index (χ0n) is 40.3. The van der Waals surface area contributed by atoms with Crippen molar-refractivity contribution in [2.24, 2.45) is 0 Å². The molecule has 0 N–H and O–H groups in total. The number of nitrogens with zero attached hydrogens (tertiary/aromatic N) is 8. The van der Waals surface area contributed by atoms with Crippen molar-refractivity contribution in [3.05, 3.63) is 170 Å².